The summed E-state index contributed by atoms with van der Waals surface area (Å²) in [5.41, 5.74) is 0. The van der Waals surface area contributed by atoms with Gasteiger partial charge in [0, 0.05) is 32.1 Å². The highest BCUT2D eigenvalue weighted by Gasteiger charge is 2.34. The monoisotopic (exact) mass is 373 g/mol. The first kappa shape index (κ1) is 19.2. The number of thiophene rings is 1. The molecule has 2 aliphatic rings. The third kappa shape index (κ3) is 4.27. The van der Waals surface area contributed by atoms with Crippen molar-refractivity contribution in [3.8, 4) is 0 Å². The van der Waals surface area contributed by atoms with Crippen molar-refractivity contribution in [2.24, 2.45) is 5.92 Å². The highest BCUT2D eigenvalue weighted by Crippen LogP contribution is 2.22. The number of aliphatic hydroxyl groups excluding tert-OH is 1. The topological polar surface area (TPSA) is 81.7 Å². The molecule has 6 nitrogen and oxygen atoms in total. The minimum Gasteiger partial charge on any atom is -0.391 e. The van der Waals surface area contributed by atoms with Crippen LogP contribution in [-0.2, 0) is 4.79 Å². The van der Waals surface area contributed by atoms with Crippen molar-refractivity contribution in [3.05, 3.63) is 22.4 Å². The van der Waals surface area contributed by atoms with Crippen LogP contribution < -0.4 is 10.6 Å². The zero-order valence-electron chi connectivity index (χ0n) is 13.4. The third-order valence-electron chi connectivity index (χ3n) is 4.64. The van der Waals surface area contributed by atoms with Crippen LogP contribution in [0.2, 0.25) is 0 Å². The predicted molar refractivity (Wildman–Crippen MR) is 95.6 cm³/mol. The number of hydrogen-bond donors (Lipinski definition) is 3. The molecule has 134 valence electrons. The molecule has 3 atom stereocenters. The molecule has 0 spiro atoms. The van der Waals surface area contributed by atoms with Gasteiger partial charge in [0.25, 0.3) is 5.91 Å². The molecule has 1 aromatic rings. The molecule has 0 aromatic carbocycles. The van der Waals surface area contributed by atoms with E-state index in [9.17, 15) is 14.7 Å². The van der Waals surface area contributed by atoms with Crippen molar-refractivity contribution in [1.29, 1.82) is 0 Å². The molecule has 2 saturated heterocycles. The lowest BCUT2D eigenvalue weighted by molar-refractivity contribution is -0.126. The minimum atomic E-state index is -0.412. The average Bonchev–Trinajstić information content (AvgIpc) is 3.24. The van der Waals surface area contributed by atoms with Crippen LogP contribution in [0, 0.1) is 5.92 Å². The van der Waals surface area contributed by atoms with Crippen LogP contribution in [0.5, 0.6) is 0 Å². The van der Waals surface area contributed by atoms with Crippen LogP contribution >= 0.6 is 23.7 Å². The van der Waals surface area contributed by atoms with E-state index in [-0.39, 0.29) is 30.1 Å². The number of piperidine rings is 1. The Kier molecular flexibility index (Phi) is 7.03. The number of β-amino-alcohol motifs (C(OH)–C–C–N with tert-alkyl or cyclic N) is 1. The number of rotatable bonds is 4. The van der Waals surface area contributed by atoms with Crippen LogP contribution in [0.25, 0.3) is 0 Å². The molecule has 0 bridgehead atoms. The molecule has 1 aromatic heterocycles. The van der Waals surface area contributed by atoms with Crippen molar-refractivity contribution < 1.29 is 14.7 Å². The lowest BCUT2D eigenvalue weighted by Crippen LogP contribution is -2.52. The number of hydrogen-bond acceptors (Lipinski definition) is 5. The molecule has 0 saturated carbocycles. The highest BCUT2D eigenvalue weighted by molar-refractivity contribution is 7.12. The van der Waals surface area contributed by atoms with Crippen LogP contribution in [0.3, 0.4) is 0 Å². The van der Waals surface area contributed by atoms with Gasteiger partial charge in [-0.15, -0.1) is 23.7 Å². The summed E-state index contributed by atoms with van der Waals surface area (Å²) in [6.07, 6.45) is 2.19. The Morgan fingerprint density at radius 2 is 2.21 bits per heavy atom. The molecular formula is C16H24ClN3O3S. The zero-order valence-corrected chi connectivity index (χ0v) is 15.1. The van der Waals surface area contributed by atoms with Gasteiger partial charge in [0.05, 0.1) is 11.0 Å². The molecule has 2 aliphatic heterocycles. The fraction of sp³-hybridized carbons (Fsp3) is 0.625. The number of carbonyl (C=O) groups is 2. The number of nitrogens with zero attached hydrogens (tertiary/aromatic N) is 1. The molecule has 2 fully saturated rings. The second kappa shape index (κ2) is 8.80. The largest absolute Gasteiger partial charge is 0.391 e. The molecule has 0 radical (unpaired) electrons. The van der Waals surface area contributed by atoms with Gasteiger partial charge in [-0.3, -0.25) is 9.59 Å². The van der Waals surface area contributed by atoms with Crippen LogP contribution in [0.1, 0.15) is 28.9 Å². The molecule has 24 heavy (non-hydrogen) atoms. The minimum absolute atomic E-state index is 0. The summed E-state index contributed by atoms with van der Waals surface area (Å²) in [4.78, 5) is 27.5. The Morgan fingerprint density at radius 3 is 2.88 bits per heavy atom. The number of likely N-dealkylation sites (tertiary alicyclic amines) is 1. The van der Waals surface area contributed by atoms with E-state index in [1.165, 1.54) is 11.3 Å². The first-order chi connectivity index (χ1) is 11.2. The summed E-state index contributed by atoms with van der Waals surface area (Å²) < 4.78 is 0. The third-order valence-corrected chi connectivity index (χ3v) is 5.50. The molecule has 3 heterocycles. The fourth-order valence-corrected chi connectivity index (χ4v) is 3.94. The summed E-state index contributed by atoms with van der Waals surface area (Å²) in [5, 5.41) is 17.7. The second-order valence-corrected chi connectivity index (χ2v) is 7.17. The highest BCUT2D eigenvalue weighted by atomic mass is 35.5. The lowest BCUT2D eigenvalue weighted by Gasteiger charge is -2.34. The summed E-state index contributed by atoms with van der Waals surface area (Å²) >= 11 is 1.41. The summed E-state index contributed by atoms with van der Waals surface area (Å²) in [6, 6.07) is 3.26. The van der Waals surface area contributed by atoms with Crippen LogP contribution in [0.15, 0.2) is 17.5 Å². The van der Waals surface area contributed by atoms with Gasteiger partial charge in [-0.05, 0) is 30.7 Å². The number of nitrogens with one attached hydrogen (secondary N) is 2. The van der Waals surface area contributed by atoms with Gasteiger partial charge in [-0.1, -0.05) is 6.07 Å². The maximum absolute atomic E-state index is 12.6. The second-order valence-electron chi connectivity index (χ2n) is 6.22. The van der Waals surface area contributed by atoms with E-state index in [1.807, 2.05) is 11.4 Å². The SMILES string of the molecule is Cl.O=C(NCC1CNCC1O)C1CCCCN1C(=O)c1cccs1. The van der Waals surface area contributed by atoms with Gasteiger partial charge in [0.15, 0.2) is 0 Å². The van der Waals surface area contributed by atoms with E-state index in [0.29, 0.717) is 37.5 Å². The van der Waals surface area contributed by atoms with Gasteiger partial charge in [0.2, 0.25) is 5.91 Å². The average molecular weight is 374 g/mol. The van der Waals surface area contributed by atoms with Crippen LogP contribution in [-0.4, -0.2) is 60.1 Å². The Balaban J connectivity index is 0.00000208. The van der Waals surface area contributed by atoms with Crippen molar-refractivity contribution in [2.45, 2.75) is 31.4 Å². The van der Waals surface area contributed by atoms with E-state index in [2.05, 4.69) is 10.6 Å². The number of amides is 2. The van der Waals surface area contributed by atoms with Crippen LogP contribution in [0.4, 0.5) is 0 Å². The molecule has 3 unspecified atom stereocenters. The van der Waals surface area contributed by atoms with Gasteiger partial charge < -0.3 is 20.6 Å². The Labute approximate surface area is 152 Å². The van der Waals surface area contributed by atoms with E-state index in [0.717, 1.165) is 12.8 Å². The van der Waals surface area contributed by atoms with Gasteiger partial charge in [-0.2, -0.15) is 0 Å². The fourth-order valence-electron chi connectivity index (χ4n) is 3.27. The van der Waals surface area contributed by atoms with E-state index >= 15 is 0 Å². The number of halogens is 1. The predicted octanol–water partition coefficient (Wildman–Crippen LogP) is 0.861. The Bertz CT molecular complexity index is 555. The maximum Gasteiger partial charge on any atom is 0.264 e. The summed E-state index contributed by atoms with van der Waals surface area (Å²) in [7, 11) is 0. The quantitative estimate of drug-likeness (QED) is 0.731. The first-order valence-corrected chi connectivity index (χ1v) is 9.05. The molecule has 2 amide bonds. The molecule has 3 N–H and O–H groups in total. The molecule has 8 heteroatoms. The number of aliphatic hydroxyl groups is 1. The molecular weight excluding hydrogens is 350 g/mol. The Morgan fingerprint density at radius 1 is 1.38 bits per heavy atom. The number of carbonyl (C=O) groups excluding carboxylic acids is 2. The molecule has 3 rings (SSSR count). The normalized spacial score (nSPS) is 26.7. The molecule has 0 aliphatic carbocycles. The summed E-state index contributed by atoms with van der Waals surface area (Å²) in [5.74, 6) is -0.111. The van der Waals surface area contributed by atoms with Crippen molar-refractivity contribution in [3.63, 3.8) is 0 Å². The Hall–Kier alpha value is -1.15. The van der Waals surface area contributed by atoms with E-state index in [4.69, 9.17) is 0 Å². The van der Waals surface area contributed by atoms with E-state index < -0.39 is 12.1 Å². The smallest absolute Gasteiger partial charge is 0.264 e. The van der Waals surface area contributed by atoms with Crippen molar-refractivity contribution in [2.75, 3.05) is 26.2 Å². The van der Waals surface area contributed by atoms with Crippen molar-refractivity contribution >= 4 is 35.6 Å². The standard InChI is InChI=1S/C16H23N3O3S.ClH/c20-13-10-17-8-11(13)9-18-15(21)12-4-1-2-6-19(12)16(22)14-5-3-7-23-14;/h3,5,7,11-13,17,20H,1-2,4,6,8-10H2,(H,18,21);1H. The first-order valence-electron chi connectivity index (χ1n) is 8.18. The van der Waals surface area contributed by atoms with Gasteiger partial charge in [-0.25, -0.2) is 0 Å². The summed E-state index contributed by atoms with van der Waals surface area (Å²) in [6.45, 7) is 2.36. The van der Waals surface area contributed by atoms with Gasteiger partial charge in [0.1, 0.15) is 6.04 Å². The maximum atomic E-state index is 12.6. The zero-order chi connectivity index (χ0) is 16.2. The van der Waals surface area contributed by atoms with E-state index in [1.54, 1.807) is 11.0 Å². The lowest BCUT2D eigenvalue weighted by atomic mass is 10.0. The van der Waals surface area contributed by atoms with Gasteiger partial charge >= 0.3 is 0 Å². The van der Waals surface area contributed by atoms with Crippen molar-refractivity contribution in [1.82, 2.24) is 15.5 Å².